The highest BCUT2D eigenvalue weighted by Gasteiger charge is 2.37. The van der Waals surface area contributed by atoms with Crippen LogP contribution in [0.3, 0.4) is 0 Å². The van der Waals surface area contributed by atoms with E-state index in [0.29, 0.717) is 25.2 Å². The van der Waals surface area contributed by atoms with Crippen molar-refractivity contribution in [3.8, 4) is 6.07 Å². The number of anilines is 1. The van der Waals surface area contributed by atoms with E-state index in [-0.39, 0.29) is 18.1 Å². The summed E-state index contributed by atoms with van der Waals surface area (Å²) < 4.78 is 5.49. The molecule has 2 saturated heterocycles. The van der Waals surface area contributed by atoms with Crippen molar-refractivity contribution in [2.75, 3.05) is 25.0 Å². The SMILES string of the molecule is C=C(C(CN1C[C@@H](Nc2cccc(C)c2)CC1C=O)NC(=O)OC(C)(C)C)N1CCCC1C#N. The number of rotatable bonds is 8. The molecule has 4 atom stereocenters. The predicted octanol–water partition coefficient (Wildman–Crippen LogP) is 3.44. The molecule has 8 nitrogen and oxygen atoms in total. The Balaban J connectivity index is 1.74. The molecule has 2 aliphatic heterocycles. The van der Waals surface area contributed by atoms with Crippen molar-refractivity contribution in [2.45, 2.75) is 76.7 Å². The Morgan fingerprint density at radius 1 is 1.41 bits per heavy atom. The molecule has 8 heteroatoms. The second kappa shape index (κ2) is 10.9. The van der Waals surface area contributed by atoms with Gasteiger partial charge in [0, 0.05) is 37.1 Å². The molecule has 1 aromatic rings. The maximum Gasteiger partial charge on any atom is 0.408 e. The number of aryl methyl sites for hydroxylation is 1. The molecular weight excluding hydrogens is 430 g/mol. The van der Waals surface area contributed by atoms with Gasteiger partial charge in [0.2, 0.25) is 0 Å². The van der Waals surface area contributed by atoms with E-state index in [1.807, 2.05) is 50.8 Å². The van der Waals surface area contributed by atoms with Gasteiger partial charge in [0.15, 0.2) is 0 Å². The Labute approximate surface area is 202 Å². The van der Waals surface area contributed by atoms with E-state index in [1.165, 1.54) is 5.56 Å². The van der Waals surface area contributed by atoms with Crippen LogP contribution in [0.25, 0.3) is 0 Å². The molecule has 3 rings (SSSR count). The summed E-state index contributed by atoms with van der Waals surface area (Å²) in [7, 11) is 0. The first-order chi connectivity index (χ1) is 16.1. The topological polar surface area (TPSA) is 97.7 Å². The van der Waals surface area contributed by atoms with E-state index in [9.17, 15) is 14.9 Å². The summed E-state index contributed by atoms with van der Waals surface area (Å²) in [5.41, 5.74) is 2.23. The number of hydrogen-bond acceptors (Lipinski definition) is 7. The van der Waals surface area contributed by atoms with Gasteiger partial charge in [-0.2, -0.15) is 5.26 Å². The number of hydrogen-bond donors (Lipinski definition) is 2. The lowest BCUT2D eigenvalue weighted by Gasteiger charge is -2.34. The minimum absolute atomic E-state index is 0.103. The number of alkyl carbamates (subject to hydrolysis) is 1. The molecule has 0 aliphatic carbocycles. The average Bonchev–Trinajstić information content (AvgIpc) is 3.38. The number of carbonyl (C=O) groups is 2. The second-order valence-electron chi connectivity index (χ2n) is 10.3. The first kappa shape index (κ1) is 25.6. The van der Waals surface area contributed by atoms with Crippen LogP contribution in [0.2, 0.25) is 0 Å². The third kappa shape index (κ3) is 6.73. The summed E-state index contributed by atoms with van der Waals surface area (Å²) >= 11 is 0. The third-order valence-electron chi connectivity index (χ3n) is 6.28. The monoisotopic (exact) mass is 467 g/mol. The van der Waals surface area contributed by atoms with Crippen molar-refractivity contribution in [1.29, 1.82) is 5.26 Å². The van der Waals surface area contributed by atoms with Crippen LogP contribution in [-0.2, 0) is 9.53 Å². The molecule has 0 bridgehead atoms. The summed E-state index contributed by atoms with van der Waals surface area (Å²) in [5.74, 6) is 0. The van der Waals surface area contributed by atoms with Gasteiger partial charge in [0.1, 0.15) is 17.9 Å². The zero-order valence-electron chi connectivity index (χ0n) is 20.7. The number of likely N-dealkylation sites (tertiary alicyclic amines) is 2. The minimum atomic E-state index is -0.638. The average molecular weight is 468 g/mol. The van der Waals surface area contributed by atoms with Gasteiger partial charge in [0.25, 0.3) is 0 Å². The van der Waals surface area contributed by atoms with E-state index < -0.39 is 17.7 Å². The molecule has 34 heavy (non-hydrogen) atoms. The molecule has 184 valence electrons. The Morgan fingerprint density at radius 3 is 2.82 bits per heavy atom. The zero-order valence-corrected chi connectivity index (χ0v) is 20.7. The predicted molar refractivity (Wildman–Crippen MR) is 132 cm³/mol. The van der Waals surface area contributed by atoms with Crippen LogP contribution in [0.5, 0.6) is 0 Å². The van der Waals surface area contributed by atoms with Crippen LogP contribution < -0.4 is 10.6 Å². The summed E-state index contributed by atoms with van der Waals surface area (Å²) in [6.07, 6.45) is 2.78. The summed E-state index contributed by atoms with van der Waals surface area (Å²) in [4.78, 5) is 28.6. The zero-order chi connectivity index (χ0) is 24.9. The van der Waals surface area contributed by atoms with Gasteiger partial charge >= 0.3 is 6.09 Å². The maximum atomic E-state index is 12.6. The van der Waals surface area contributed by atoms with Gasteiger partial charge < -0.3 is 25.1 Å². The van der Waals surface area contributed by atoms with E-state index in [4.69, 9.17) is 4.74 Å². The molecule has 0 spiro atoms. The smallest absolute Gasteiger partial charge is 0.408 e. The lowest BCUT2D eigenvalue weighted by molar-refractivity contribution is -0.111. The molecule has 0 aromatic heterocycles. The van der Waals surface area contributed by atoms with Crippen molar-refractivity contribution in [3.63, 3.8) is 0 Å². The molecule has 2 fully saturated rings. The van der Waals surface area contributed by atoms with Gasteiger partial charge in [-0.25, -0.2) is 4.79 Å². The lowest BCUT2D eigenvalue weighted by atomic mass is 10.1. The number of ether oxygens (including phenoxy) is 1. The Kier molecular flexibility index (Phi) is 8.21. The quantitative estimate of drug-likeness (QED) is 0.565. The first-order valence-electron chi connectivity index (χ1n) is 12.0. The Hall–Kier alpha value is -3.05. The molecule has 2 aliphatic rings. The van der Waals surface area contributed by atoms with Crippen molar-refractivity contribution >= 4 is 18.1 Å². The molecule has 3 unspecified atom stereocenters. The number of aldehydes is 1. The number of nitriles is 1. The molecule has 1 aromatic carbocycles. The fraction of sp³-hybridized carbons (Fsp3) is 0.577. The standard InChI is InChI=1S/C26H37N5O3/c1-18-8-6-9-20(12-18)28-21-13-23(17-32)30(15-21)16-24(29-25(33)34-26(3,4)5)19(2)31-11-7-10-22(31)14-27/h6,8-9,12,17,21-24,28H,2,7,10-11,13,15-16H2,1,3-5H3,(H,29,33)/t21-,22?,23?,24?/m0/s1. The van der Waals surface area contributed by atoms with Crippen molar-refractivity contribution in [2.24, 2.45) is 0 Å². The second-order valence-corrected chi connectivity index (χ2v) is 10.3. The number of benzene rings is 1. The summed E-state index contributed by atoms with van der Waals surface area (Å²) in [6, 6.07) is 9.59. The highest BCUT2D eigenvalue weighted by molar-refractivity contribution is 5.68. The van der Waals surface area contributed by atoms with Gasteiger partial charge in [-0.1, -0.05) is 18.7 Å². The van der Waals surface area contributed by atoms with E-state index in [1.54, 1.807) is 0 Å². The third-order valence-corrected chi connectivity index (χ3v) is 6.28. The van der Waals surface area contributed by atoms with Gasteiger partial charge in [-0.15, -0.1) is 0 Å². The van der Waals surface area contributed by atoms with E-state index in [0.717, 1.165) is 31.4 Å². The number of nitrogens with zero attached hydrogens (tertiary/aromatic N) is 3. The van der Waals surface area contributed by atoms with Crippen LogP contribution in [0.15, 0.2) is 36.5 Å². The Bertz CT molecular complexity index is 935. The van der Waals surface area contributed by atoms with E-state index >= 15 is 0 Å². The summed E-state index contributed by atoms with van der Waals surface area (Å²) in [6.45, 7) is 13.5. The van der Waals surface area contributed by atoms with Crippen molar-refractivity contribution in [1.82, 2.24) is 15.1 Å². The van der Waals surface area contributed by atoms with Crippen molar-refractivity contribution < 1.29 is 14.3 Å². The van der Waals surface area contributed by atoms with Crippen LogP contribution >= 0.6 is 0 Å². The molecule has 2 N–H and O–H groups in total. The van der Waals surface area contributed by atoms with Crippen LogP contribution in [-0.4, -0.2) is 71.6 Å². The normalized spacial score (nSPS) is 23.7. The minimum Gasteiger partial charge on any atom is -0.444 e. The summed E-state index contributed by atoms with van der Waals surface area (Å²) in [5, 5.41) is 16.0. The number of amides is 1. The highest BCUT2D eigenvalue weighted by atomic mass is 16.6. The molecule has 0 saturated carbocycles. The molecule has 0 radical (unpaired) electrons. The lowest BCUT2D eigenvalue weighted by Crippen LogP contribution is -2.51. The molecule has 1 amide bonds. The fourth-order valence-corrected chi connectivity index (χ4v) is 4.72. The van der Waals surface area contributed by atoms with Crippen LogP contribution in [0.1, 0.15) is 45.6 Å². The first-order valence-corrected chi connectivity index (χ1v) is 12.0. The maximum absolute atomic E-state index is 12.6. The van der Waals surface area contributed by atoms with Gasteiger partial charge in [-0.3, -0.25) is 4.90 Å². The molecular formula is C26H37N5O3. The number of carbonyl (C=O) groups excluding carboxylic acids is 2. The highest BCUT2D eigenvalue weighted by Crippen LogP contribution is 2.26. The Morgan fingerprint density at radius 2 is 2.18 bits per heavy atom. The molecule has 2 heterocycles. The van der Waals surface area contributed by atoms with Crippen LogP contribution in [0.4, 0.5) is 10.5 Å². The largest absolute Gasteiger partial charge is 0.444 e. The van der Waals surface area contributed by atoms with Gasteiger partial charge in [0.05, 0.1) is 18.2 Å². The van der Waals surface area contributed by atoms with Gasteiger partial charge in [-0.05, 0) is 64.7 Å². The van der Waals surface area contributed by atoms with Crippen LogP contribution in [0, 0.1) is 18.3 Å². The fourth-order valence-electron chi connectivity index (χ4n) is 4.72. The van der Waals surface area contributed by atoms with Crippen molar-refractivity contribution in [3.05, 3.63) is 42.1 Å². The van der Waals surface area contributed by atoms with E-state index in [2.05, 4.69) is 34.2 Å². The number of nitrogens with one attached hydrogen (secondary N) is 2.